The third-order valence-electron chi connectivity index (χ3n) is 3.61. The monoisotopic (exact) mass is 418 g/mol. The number of rotatable bonds is 6. The summed E-state index contributed by atoms with van der Waals surface area (Å²) in [6.07, 6.45) is 0.980. The Kier molecular flexibility index (Phi) is 6.49. The van der Waals surface area contributed by atoms with Gasteiger partial charge in [0.2, 0.25) is 15.9 Å². The van der Waals surface area contributed by atoms with E-state index in [1.165, 1.54) is 49.4 Å². The molecule has 0 aliphatic heterocycles. The van der Waals surface area contributed by atoms with Crippen LogP contribution in [0.4, 0.5) is 10.1 Å². The number of halogens is 3. The first-order valence-corrected chi connectivity index (χ1v) is 10.2. The van der Waals surface area contributed by atoms with E-state index in [9.17, 15) is 17.6 Å². The smallest absolute Gasteiger partial charge is 0.243 e. The lowest BCUT2D eigenvalue weighted by Gasteiger charge is -2.29. The largest absolute Gasteiger partial charge is 0.350 e. The van der Waals surface area contributed by atoms with E-state index in [2.05, 4.69) is 5.32 Å². The second-order valence-electron chi connectivity index (χ2n) is 5.67. The van der Waals surface area contributed by atoms with Crippen molar-refractivity contribution >= 4 is 44.8 Å². The fraction of sp³-hybridized carbons (Fsp3) is 0.235. The highest BCUT2D eigenvalue weighted by Gasteiger charge is 2.30. The molecule has 0 saturated carbocycles. The van der Waals surface area contributed by atoms with Crippen LogP contribution in [-0.2, 0) is 21.4 Å². The topological polar surface area (TPSA) is 66.5 Å². The molecule has 0 radical (unpaired) electrons. The third kappa shape index (κ3) is 5.09. The van der Waals surface area contributed by atoms with E-state index in [1.54, 1.807) is 0 Å². The predicted octanol–water partition coefficient (Wildman–Crippen LogP) is 3.60. The average molecular weight is 419 g/mol. The normalized spacial score (nSPS) is 12.5. The summed E-state index contributed by atoms with van der Waals surface area (Å²) in [4.78, 5) is 12.5. The molecule has 2 aromatic carbocycles. The van der Waals surface area contributed by atoms with Crippen LogP contribution in [0.3, 0.4) is 0 Å². The van der Waals surface area contributed by atoms with Crippen LogP contribution in [0.5, 0.6) is 0 Å². The summed E-state index contributed by atoms with van der Waals surface area (Å²) in [7, 11) is -3.81. The van der Waals surface area contributed by atoms with Crippen molar-refractivity contribution in [2.75, 3.05) is 10.6 Å². The van der Waals surface area contributed by atoms with Crippen LogP contribution >= 0.6 is 23.2 Å². The quantitative estimate of drug-likeness (QED) is 0.778. The first-order valence-electron chi connectivity index (χ1n) is 7.56. The number of amides is 1. The van der Waals surface area contributed by atoms with Crippen molar-refractivity contribution in [3.63, 3.8) is 0 Å². The summed E-state index contributed by atoms with van der Waals surface area (Å²) < 4.78 is 38.4. The van der Waals surface area contributed by atoms with Crippen LogP contribution in [0.25, 0.3) is 0 Å². The highest BCUT2D eigenvalue weighted by molar-refractivity contribution is 7.92. The van der Waals surface area contributed by atoms with Gasteiger partial charge in [-0.1, -0.05) is 35.3 Å². The van der Waals surface area contributed by atoms with Crippen LogP contribution in [0, 0.1) is 5.82 Å². The van der Waals surface area contributed by atoms with E-state index in [0.29, 0.717) is 5.56 Å². The number of sulfonamides is 1. The van der Waals surface area contributed by atoms with Gasteiger partial charge in [0.25, 0.3) is 0 Å². The fourth-order valence-electron chi connectivity index (χ4n) is 2.37. The molecule has 9 heteroatoms. The molecular formula is C17H17Cl2FN2O3S. The lowest BCUT2D eigenvalue weighted by atomic mass is 10.2. The molecule has 2 rings (SSSR count). The molecule has 1 unspecified atom stereocenters. The van der Waals surface area contributed by atoms with Crippen molar-refractivity contribution < 1.29 is 17.6 Å². The maximum atomic E-state index is 12.9. The Morgan fingerprint density at radius 3 is 2.38 bits per heavy atom. The zero-order valence-electron chi connectivity index (χ0n) is 14.0. The molecule has 1 N–H and O–H groups in total. The molecule has 140 valence electrons. The molecule has 1 amide bonds. The standard InChI is InChI=1S/C17H17Cl2FN2O3S/c1-11(17(23)21-10-12-3-6-14(20)7-4-12)22(26(2,24)25)16-9-13(18)5-8-15(16)19/h3-9,11H,10H2,1-2H3,(H,21,23). The summed E-state index contributed by atoms with van der Waals surface area (Å²) in [5.74, 6) is -0.914. The number of hydrogen-bond donors (Lipinski definition) is 1. The molecule has 0 aliphatic carbocycles. The van der Waals surface area contributed by atoms with Gasteiger partial charge in [0.1, 0.15) is 11.9 Å². The third-order valence-corrected chi connectivity index (χ3v) is 5.40. The molecule has 5 nitrogen and oxygen atoms in total. The van der Waals surface area contributed by atoms with E-state index in [-0.39, 0.29) is 28.1 Å². The van der Waals surface area contributed by atoms with E-state index in [4.69, 9.17) is 23.2 Å². The maximum Gasteiger partial charge on any atom is 0.243 e. The summed E-state index contributed by atoms with van der Waals surface area (Å²) in [6, 6.07) is 8.91. The molecule has 2 aromatic rings. The summed E-state index contributed by atoms with van der Waals surface area (Å²) in [5, 5.41) is 3.07. The van der Waals surface area contributed by atoms with Crippen molar-refractivity contribution in [3.8, 4) is 0 Å². The van der Waals surface area contributed by atoms with Crippen LogP contribution in [0.1, 0.15) is 12.5 Å². The van der Waals surface area contributed by atoms with Gasteiger partial charge in [0, 0.05) is 11.6 Å². The van der Waals surface area contributed by atoms with Gasteiger partial charge >= 0.3 is 0 Å². The molecule has 0 spiro atoms. The number of anilines is 1. The first-order chi connectivity index (χ1) is 12.1. The minimum atomic E-state index is -3.81. The highest BCUT2D eigenvalue weighted by Crippen LogP contribution is 2.32. The summed E-state index contributed by atoms with van der Waals surface area (Å²) in [5.41, 5.74) is 0.796. The number of benzene rings is 2. The predicted molar refractivity (Wildman–Crippen MR) is 101 cm³/mol. The van der Waals surface area contributed by atoms with Crippen molar-refractivity contribution in [3.05, 3.63) is 63.9 Å². The van der Waals surface area contributed by atoms with E-state index in [1.807, 2.05) is 0 Å². The van der Waals surface area contributed by atoms with Crippen molar-refractivity contribution in [1.82, 2.24) is 5.32 Å². The van der Waals surface area contributed by atoms with Crippen molar-refractivity contribution in [2.45, 2.75) is 19.5 Å². The second kappa shape index (κ2) is 8.24. The molecular weight excluding hydrogens is 402 g/mol. The lowest BCUT2D eigenvalue weighted by Crippen LogP contribution is -2.47. The molecule has 0 aliphatic rings. The fourth-order valence-corrected chi connectivity index (χ4v) is 3.98. The van der Waals surface area contributed by atoms with Crippen LogP contribution in [-0.4, -0.2) is 26.6 Å². The number of carbonyl (C=O) groups is 1. The minimum absolute atomic E-state index is 0.117. The van der Waals surface area contributed by atoms with Gasteiger partial charge in [-0.3, -0.25) is 9.10 Å². The molecule has 0 aromatic heterocycles. The second-order valence-corrected chi connectivity index (χ2v) is 8.38. The summed E-state index contributed by atoms with van der Waals surface area (Å²) >= 11 is 12.0. The van der Waals surface area contributed by atoms with Crippen LogP contribution < -0.4 is 9.62 Å². The van der Waals surface area contributed by atoms with E-state index >= 15 is 0 Å². The summed E-state index contributed by atoms with van der Waals surface area (Å²) in [6.45, 7) is 1.57. The van der Waals surface area contributed by atoms with Gasteiger partial charge in [0.05, 0.1) is 17.0 Å². The molecule has 1 atom stereocenters. The molecule has 0 heterocycles. The molecule has 0 bridgehead atoms. The first kappa shape index (κ1) is 20.5. The SMILES string of the molecule is CC(C(=O)NCc1ccc(F)cc1)N(c1cc(Cl)ccc1Cl)S(C)(=O)=O. The van der Waals surface area contributed by atoms with E-state index < -0.39 is 22.0 Å². The number of carbonyl (C=O) groups excluding carboxylic acids is 1. The Labute approximate surface area is 161 Å². The molecule has 0 saturated heterocycles. The Morgan fingerprint density at radius 2 is 1.81 bits per heavy atom. The minimum Gasteiger partial charge on any atom is -0.350 e. The van der Waals surface area contributed by atoms with Gasteiger partial charge in [0.15, 0.2) is 0 Å². The molecule has 0 fully saturated rings. The van der Waals surface area contributed by atoms with Crippen LogP contribution in [0.15, 0.2) is 42.5 Å². The zero-order valence-corrected chi connectivity index (χ0v) is 16.4. The Morgan fingerprint density at radius 1 is 1.19 bits per heavy atom. The highest BCUT2D eigenvalue weighted by atomic mass is 35.5. The van der Waals surface area contributed by atoms with Gasteiger partial charge < -0.3 is 5.32 Å². The van der Waals surface area contributed by atoms with Gasteiger partial charge in [-0.05, 0) is 42.8 Å². The van der Waals surface area contributed by atoms with Gasteiger partial charge in [-0.15, -0.1) is 0 Å². The zero-order chi connectivity index (χ0) is 19.5. The Bertz CT molecular complexity index is 905. The number of nitrogens with zero attached hydrogens (tertiary/aromatic N) is 1. The van der Waals surface area contributed by atoms with Crippen molar-refractivity contribution in [1.29, 1.82) is 0 Å². The van der Waals surface area contributed by atoms with Gasteiger partial charge in [-0.25, -0.2) is 12.8 Å². The number of hydrogen-bond acceptors (Lipinski definition) is 3. The average Bonchev–Trinajstić information content (AvgIpc) is 2.56. The lowest BCUT2D eigenvalue weighted by molar-refractivity contribution is -0.122. The van der Waals surface area contributed by atoms with Gasteiger partial charge in [-0.2, -0.15) is 0 Å². The Hall–Kier alpha value is -1.83. The maximum absolute atomic E-state index is 12.9. The van der Waals surface area contributed by atoms with E-state index in [0.717, 1.165) is 10.6 Å². The van der Waals surface area contributed by atoms with Crippen LogP contribution in [0.2, 0.25) is 10.0 Å². The van der Waals surface area contributed by atoms with Crippen molar-refractivity contribution in [2.24, 2.45) is 0 Å². The Balaban J connectivity index is 2.23. The number of nitrogens with one attached hydrogen (secondary N) is 1. The molecule has 26 heavy (non-hydrogen) atoms.